The van der Waals surface area contributed by atoms with Gasteiger partial charge in [-0.05, 0) is 66.1 Å². The Labute approximate surface area is 256 Å². The molecule has 0 aliphatic carbocycles. The van der Waals surface area contributed by atoms with E-state index >= 15 is 0 Å². The Morgan fingerprint density at radius 1 is 0.955 bits per heavy atom. The topological polar surface area (TPSA) is 170 Å². The van der Waals surface area contributed by atoms with Crippen molar-refractivity contribution in [3.63, 3.8) is 0 Å². The zero-order valence-electron chi connectivity index (χ0n) is 23.9. The Morgan fingerprint density at radius 2 is 1.68 bits per heavy atom. The lowest BCUT2D eigenvalue weighted by Crippen LogP contribution is -2.32. The van der Waals surface area contributed by atoms with Gasteiger partial charge in [0.05, 0.1) is 43.6 Å². The number of aryl methyl sites for hydroxylation is 1. The van der Waals surface area contributed by atoms with Crippen molar-refractivity contribution < 1.29 is 33.0 Å². The number of carbonyl (C=O) groups excluding carboxylic acids is 2. The smallest absolute Gasteiger partial charge is 0.323 e. The number of hydrogen-bond donors (Lipinski definition) is 5. The Bertz CT molecular complexity index is 1650. The molecule has 0 aliphatic heterocycles. The van der Waals surface area contributed by atoms with E-state index in [9.17, 15) is 28.3 Å². The Morgan fingerprint density at radius 3 is 2.32 bits per heavy atom. The number of nitrogens with zero attached hydrogens (tertiary/aromatic N) is 2. The second-order valence-corrected chi connectivity index (χ2v) is 10.5. The van der Waals surface area contributed by atoms with Gasteiger partial charge in [-0.15, -0.1) is 0 Å². The lowest BCUT2D eigenvalue weighted by Gasteiger charge is -2.29. The van der Waals surface area contributed by atoms with E-state index in [1.807, 2.05) is 25.1 Å². The summed E-state index contributed by atoms with van der Waals surface area (Å²) in [5, 5.41) is 17.8. The Hall–Kier alpha value is -5.27. The average Bonchev–Trinajstić information content (AvgIpc) is 2.99. The van der Waals surface area contributed by atoms with Crippen LogP contribution in [0.25, 0.3) is 0 Å². The minimum atomic E-state index is -2.53. The van der Waals surface area contributed by atoms with Crippen LogP contribution < -0.4 is 25.0 Å². The zero-order chi connectivity index (χ0) is 31.6. The second-order valence-electron chi connectivity index (χ2n) is 9.66. The van der Waals surface area contributed by atoms with Crippen LogP contribution in [0.2, 0.25) is 0 Å². The molecule has 13 heteroatoms. The van der Waals surface area contributed by atoms with E-state index in [0.29, 0.717) is 33.9 Å². The number of urea groups is 1. The lowest BCUT2D eigenvalue weighted by molar-refractivity contribution is -0.137. The highest BCUT2D eigenvalue weighted by Gasteiger charge is 2.28. The molecule has 0 bridgehead atoms. The van der Waals surface area contributed by atoms with Gasteiger partial charge in [-0.25, -0.2) is 9.00 Å². The number of para-hydroxylation sites is 1. The molecule has 5 N–H and O–H groups in total. The maximum atomic E-state index is 12.8. The van der Waals surface area contributed by atoms with Crippen LogP contribution in [-0.2, 0) is 27.3 Å². The van der Waals surface area contributed by atoms with Crippen molar-refractivity contribution in [2.45, 2.75) is 25.8 Å². The first-order chi connectivity index (χ1) is 21.1. The number of amides is 3. The van der Waals surface area contributed by atoms with Gasteiger partial charge in [0.1, 0.15) is 5.75 Å². The summed E-state index contributed by atoms with van der Waals surface area (Å²) >= 11 is -2.53. The summed E-state index contributed by atoms with van der Waals surface area (Å²) < 4.78 is 28.7. The molecule has 44 heavy (non-hydrogen) atoms. The first kappa shape index (κ1) is 31.7. The molecule has 1 aromatic heterocycles. The van der Waals surface area contributed by atoms with E-state index in [1.165, 1.54) is 19.5 Å². The van der Waals surface area contributed by atoms with Crippen LogP contribution in [0, 0.1) is 6.92 Å². The first-order valence-electron chi connectivity index (χ1n) is 13.4. The maximum Gasteiger partial charge on any atom is 0.323 e. The SMILES string of the molecule is COc1cc(CC(=O)Nc2ccc(C(CC(=O)O)N(c3cccnc3)S(=O)O)cc2)ccc1NC(=O)Nc1ccccc1C. The fourth-order valence-corrected chi connectivity index (χ4v) is 5.18. The molecule has 3 amide bonds. The molecule has 0 radical (unpaired) electrons. The van der Waals surface area contributed by atoms with Gasteiger partial charge in [-0.2, -0.15) is 0 Å². The molecule has 0 saturated carbocycles. The van der Waals surface area contributed by atoms with Gasteiger partial charge in [0.25, 0.3) is 11.3 Å². The van der Waals surface area contributed by atoms with Gasteiger partial charge in [0, 0.05) is 17.6 Å². The molecular formula is C31H31N5O7S. The first-order valence-corrected chi connectivity index (χ1v) is 14.4. The largest absolute Gasteiger partial charge is 0.495 e. The van der Waals surface area contributed by atoms with Crippen LogP contribution in [0.1, 0.15) is 29.2 Å². The number of ether oxygens (including phenoxy) is 1. The van der Waals surface area contributed by atoms with Crippen molar-refractivity contribution in [3.8, 4) is 5.75 Å². The number of methoxy groups -OCH3 is 1. The predicted molar refractivity (Wildman–Crippen MR) is 168 cm³/mol. The van der Waals surface area contributed by atoms with Crippen LogP contribution in [0.15, 0.2) is 91.3 Å². The van der Waals surface area contributed by atoms with Crippen molar-refractivity contribution in [3.05, 3.63) is 108 Å². The monoisotopic (exact) mass is 617 g/mol. The van der Waals surface area contributed by atoms with E-state index < -0.39 is 35.7 Å². The number of hydrogen-bond acceptors (Lipinski definition) is 6. The van der Waals surface area contributed by atoms with Gasteiger partial charge in [-0.1, -0.05) is 36.4 Å². The number of nitrogens with one attached hydrogen (secondary N) is 3. The number of carboxylic acid groups (broad SMARTS) is 1. The molecular weight excluding hydrogens is 586 g/mol. The zero-order valence-corrected chi connectivity index (χ0v) is 24.7. The number of benzene rings is 3. The normalized spacial score (nSPS) is 12.0. The third-order valence-electron chi connectivity index (χ3n) is 6.57. The fraction of sp³-hybridized carbons (Fsp3) is 0.161. The van der Waals surface area contributed by atoms with Crippen molar-refractivity contribution in [1.82, 2.24) is 4.98 Å². The number of aromatic nitrogens is 1. The van der Waals surface area contributed by atoms with Gasteiger partial charge in [0.2, 0.25) is 5.91 Å². The molecule has 0 aliphatic rings. The van der Waals surface area contributed by atoms with Crippen molar-refractivity contribution in [2.75, 3.05) is 27.4 Å². The highest BCUT2D eigenvalue weighted by atomic mass is 32.2. The number of pyridine rings is 1. The molecule has 0 fully saturated rings. The minimum Gasteiger partial charge on any atom is -0.495 e. The molecule has 228 valence electrons. The molecule has 1 heterocycles. The summed E-state index contributed by atoms with van der Waals surface area (Å²) in [5.41, 5.74) is 3.84. The minimum absolute atomic E-state index is 0.00766. The quantitative estimate of drug-likeness (QED) is 0.132. The summed E-state index contributed by atoms with van der Waals surface area (Å²) in [5.74, 6) is -1.10. The number of carbonyl (C=O) groups is 3. The van der Waals surface area contributed by atoms with Gasteiger partial charge in [0.15, 0.2) is 0 Å². The third kappa shape index (κ3) is 8.40. The van der Waals surface area contributed by atoms with Crippen molar-refractivity contribution >= 4 is 51.9 Å². The highest BCUT2D eigenvalue weighted by Crippen LogP contribution is 2.32. The number of carboxylic acids is 1. The summed E-state index contributed by atoms with van der Waals surface area (Å²) in [6.45, 7) is 1.89. The fourth-order valence-electron chi connectivity index (χ4n) is 4.48. The molecule has 0 saturated heterocycles. The number of anilines is 4. The van der Waals surface area contributed by atoms with Crippen LogP contribution in [0.5, 0.6) is 5.75 Å². The highest BCUT2D eigenvalue weighted by molar-refractivity contribution is 7.80. The Kier molecular flexibility index (Phi) is 10.6. The summed E-state index contributed by atoms with van der Waals surface area (Å²) in [7, 11) is 1.46. The molecule has 0 spiro atoms. The predicted octanol–water partition coefficient (Wildman–Crippen LogP) is 5.38. The van der Waals surface area contributed by atoms with Gasteiger partial charge < -0.3 is 25.8 Å². The van der Waals surface area contributed by atoms with E-state index in [4.69, 9.17) is 4.74 Å². The van der Waals surface area contributed by atoms with Crippen LogP contribution in [-0.4, -0.2) is 43.9 Å². The molecule has 4 aromatic rings. The summed E-state index contributed by atoms with van der Waals surface area (Å²) in [6.07, 6.45) is 2.43. The van der Waals surface area contributed by atoms with E-state index in [0.717, 1.165) is 9.87 Å². The summed E-state index contributed by atoms with van der Waals surface area (Å²) in [6, 6.07) is 20.5. The van der Waals surface area contributed by atoms with Crippen molar-refractivity contribution in [1.29, 1.82) is 0 Å². The Balaban J connectivity index is 1.42. The van der Waals surface area contributed by atoms with Crippen LogP contribution in [0.3, 0.4) is 0 Å². The van der Waals surface area contributed by atoms with Crippen LogP contribution >= 0.6 is 0 Å². The van der Waals surface area contributed by atoms with Gasteiger partial charge >= 0.3 is 12.0 Å². The van der Waals surface area contributed by atoms with Crippen molar-refractivity contribution in [2.24, 2.45) is 0 Å². The molecule has 2 atom stereocenters. The summed E-state index contributed by atoms with van der Waals surface area (Å²) in [4.78, 5) is 40.9. The number of rotatable bonds is 12. The standard InChI is InChI=1S/C31H31N5O7S/c1-20-6-3-4-8-25(20)34-31(40)35-26-14-9-21(16-28(26)43-2)17-29(37)33-23-12-10-22(11-13-23)27(18-30(38)39)36(44(41)42)24-7-5-15-32-19-24/h3-16,19,27H,17-18H2,1-2H3,(H,33,37)(H,38,39)(H,41,42)(H2,34,35,40). The molecule has 12 nitrogen and oxygen atoms in total. The molecule has 4 rings (SSSR count). The van der Waals surface area contributed by atoms with Crippen LogP contribution in [0.4, 0.5) is 27.5 Å². The molecule has 2 unspecified atom stereocenters. The lowest BCUT2D eigenvalue weighted by atomic mass is 10.0. The maximum absolute atomic E-state index is 12.8. The average molecular weight is 618 g/mol. The van der Waals surface area contributed by atoms with E-state index in [-0.39, 0.29) is 18.0 Å². The van der Waals surface area contributed by atoms with E-state index in [2.05, 4.69) is 20.9 Å². The van der Waals surface area contributed by atoms with E-state index in [1.54, 1.807) is 60.7 Å². The van der Waals surface area contributed by atoms with Gasteiger partial charge in [-0.3, -0.25) is 23.4 Å². The second kappa shape index (κ2) is 14.8. The number of aliphatic carboxylic acids is 1. The third-order valence-corrected chi connectivity index (χ3v) is 7.37. The molecule has 3 aromatic carbocycles.